The summed E-state index contributed by atoms with van der Waals surface area (Å²) in [6.45, 7) is 6.87. The highest BCUT2D eigenvalue weighted by Crippen LogP contribution is 2.42. The van der Waals surface area contributed by atoms with E-state index in [9.17, 15) is 18.3 Å². The Morgan fingerprint density at radius 2 is 1.69 bits per heavy atom. The van der Waals surface area contributed by atoms with Crippen molar-refractivity contribution in [2.45, 2.75) is 57.7 Å². The largest absolute Gasteiger partial charge is 0.417 e. The Labute approximate surface area is 203 Å². The Balaban J connectivity index is 1.91. The van der Waals surface area contributed by atoms with Crippen molar-refractivity contribution in [2.75, 3.05) is 0 Å². The maximum Gasteiger partial charge on any atom is 0.417 e. The number of nitrogens with zero attached hydrogens (tertiary/aromatic N) is 2. The summed E-state index contributed by atoms with van der Waals surface area (Å²) in [4.78, 5) is 4.51. The second-order valence-corrected chi connectivity index (χ2v) is 9.50. The predicted octanol–water partition coefficient (Wildman–Crippen LogP) is 6.92. The van der Waals surface area contributed by atoms with Crippen LogP contribution in [0.5, 0.6) is 0 Å². The lowest BCUT2D eigenvalue weighted by Gasteiger charge is -2.37. The van der Waals surface area contributed by atoms with Crippen LogP contribution in [-0.4, -0.2) is 20.8 Å². The van der Waals surface area contributed by atoms with Crippen LogP contribution >= 0.6 is 0 Å². The first-order valence-electron chi connectivity index (χ1n) is 11.5. The molecule has 0 amide bonds. The van der Waals surface area contributed by atoms with E-state index < -0.39 is 23.1 Å². The average molecular weight is 483 g/mol. The number of alkyl halides is 3. The lowest BCUT2D eigenvalue weighted by atomic mass is 9.93. The van der Waals surface area contributed by atoms with Gasteiger partial charge in [-0.15, -0.1) is 0 Å². The summed E-state index contributed by atoms with van der Waals surface area (Å²) in [5.41, 5.74) is -1.09. The van der Waals surface area contributed by atoms with E-state index >= 15 is 0 Å². The van der Waals surface area contributed by atoms with Gasteiger partial charge in [0, 0.05) is 18.2 Å². The molecule has 1 aliphatic rings. The standard InChI is InChI=1S/C28H29F3N2O2/c1-19(2)35-27(16-14-21(15-17-27)20-10-6-5-7-11-20)33-18-24(26(3,4)34)32-25(33)22-12-8-9-13-23(22)28(29,30)31/h5-16,18-19,34H,17H2,1-4H3. The van der Waals surface area contributed by atoms with E-state index in [4.69, 9.17) is 4.74 Å². The number of halogens is 3. The fourth-order valence-electron chi connectivity index (χ4n) is 4.27. The number of rotatable bonds is 6. The zero-order valence-corrected chi connectivity index (χ0v) is 20.2. The van der Waals surface area contributed by atoms with E-state index in [1.54, 1.807) is 30.7 Å². The van der Waals surface area contributed by atoms with E-state index in [0.29, 0.717) is 6.42 Å². The molecule has 4 rings (SSSR count). The molecule has 0 saturated heterocycles. The van der Waals surface area contributed by atoms with Gasteiger partial charge < -0.3 is 9.84 Å². The number of aliphatic hydroxyl groups is 1. The molecule has 1 heterocycles. The number of benzene rings is 2. The summed E-state index contributed by atoms with van der Waals surface area (Å²) in [6.07, 6.45) is 2.96. The van der Waals surface area contributed by atoms with E-state index in [1.807, 2.05) is 62.4 Å². The first-order valence-corrected chi connectivity index (χ1v) is 11.5. The molecule has 184 valence electrons. The third kappa shape index (κ3) is 5.11. The molecular formula is C28H29F3N2O2. The lowest BCUT2D eigenvalue weighted by molar-refractivity contribution is -0.137. The maximum atomic E-state index is 14.0. The normalized spacial score (nSPS) is 18.7. The minimum atomic E-state index is -4.57. The van der Waals surface area contributed by atoms with Gasteiger partial charge in [-0.3, -0.25) is 4.57 Å². The quantitative estimate of drug-likeness (QED) is 0.415. The van der Waals surface area contributed by atoms with Gasteiger partial charge in [0.05, 0.1) is 17.4 Å². The van der Waals surface area contributed by atoms with Crippen LogP contribution in [0.2, 0.25) is 0 Å². The molecule has 2 aromatic carbocycles. The highest BCUT2D eigenvalue weighted by Gasteiger charge is 2.40. The Morgan fingerprint density at radius 3 is 2.26 bits per heavy atom. The zero-order valence-electron chi connectivity index (χ0n) is 20.2. The predicted molar refractivity (Wildman–Crippen MR) is 130 cm³/mol. The Hall–Kier alpha value is -3.16. The molecule has 1 aromatic heterocycles. The van der Waals surface area contributed by atoms with Crippen molar-refractivity contribution in [1.29, 1.82) is 0 Å². The van der Waals surface area contributed by atoms with Gasteiger partial charge in [0.1, 0.15) is 11.4 Å². The van der Waals surface area contributed by atoms with Crippen molar-refractivity contribution in [3.05, 3.63) is 95.8 Å². The summed E-state index contributed by atoms with van der Waals surface area (Å²) in [7, 11) is 0. The van der Waals surface area contributed by atoms with Crippen LogP contribution in [0.4, 0.5) is 13.2 Å². The van der Waals surface area contributed by atoms with Gasteiger partial charge in [-0.05, 0) is 51.0 Å². The van der Waals surface area contributed by atoms with E-state index in [-0.39, 0.29) is 23.2 Å². The van der Waals surface area contributed by atoms with Crippen LogP contribution in [0.3, 0.4) is 0 Å². The molecule has 3 aromatic rings. The molecular weight excluding hydrogens is 453 g/mol. The SMILES string of the molecule is CC(C)OC1(n2cc(C(C)(C)O)nc2-c2ccccc2C(F)(F)F)C=CC(c2ccccc2)=CC1. The van der Waals surface area contributed by atoms with E-state index in [2.05, 4.69) is 4.98 Å². The molecule has 0 aliphatic heterocycles. The van der Waals surface area contributed by atoms with Crippen LogP contribution in [0, 0.1) is 0 Å². The van der Waals surface area contributed by atoms with Crippen LogP contribution in [0.25, 0.3) is 17.0 Å². The highest BCUT2D eigenvalue weighted by molar-refractivity contribution is 5.75. The number of ether oxygens (including phenoxy) is 1. The summed E-state index contributed by atoms with van der Waals surface area (Å²) in [6, 6.07) is 15.2. The highest BCUT2D eigenvalue weighted by atomic mass is 19.4. The molecule has 35 heavy (non-hydrogen) atoms. The van der Waals surface area contributed by atoms with Gasteiger partial charge in [-0.25, -0.2) is 4.98 Å². The van der Waals surface area contributed by atoms with Gasteiger partial charge in [0.25, 0.3) is 0 Å². The third-order valence-corrected chi connectivity index (χ3v) is 5.90. The molecule has 0 fully saturated rings. The summed E-state index contributed by atoms with van der Waals surface area (Å²) in [5, 5.41) is 10.7. The number of aromatic nitrogens is 2. The molecule has 1 N–H and O–H groups in total. The van der Waals surface area contributed by atoms with Crippen molar-refractivity contribution in [3.8, 4) is 11.4 Å². The Morgan fingerprint density at radius 1 is 1.03 bits per heavy atom. The first-order chi connectivity index (χ1) is 16.4. The molecule has 0 spiro atoms. The fourth-order valence-corrected chi connectivity index (χ4v) is 4.27. The number of allylic oxidation sites excluding steroid dienone is 2. The second kappa shape index (κ2) is 9.13. The van der Waals surface area contributed by atoms with E-state index in [1.165, 1.54) is 12.1 Å². The van der Waals surface area contributed by atoms with Crippen LogP contribution in [0.15, 0.2) is 79.0 Å². The summed E-state index contributed by atoms with van der Waals surface area (Å²) >= 11 is 0. The van der Waals surface area contributed by atoms with Gasteiger partial charge in [-0.2, -0.15) is 13.2 Å². The lowest BCUT2D eigenvalue weighted by Crippen LogP contribution is -2.38. The molecule has 4 nitrogen and oxygen atoms in total. The molecule has 0 saturated carbocycles. The molecule has 0 radical (unpaired) electrons. The molecule has 1 atom stereocenters. The van der Waals surface area contributed by atoms with Gasteiger partial charge in [0.15, 0.2) is 5.72 Å². The average Bonchev–Trinajstić information content (AvgIpc) is 3.26. The van der Waals surface area contributed by atoms with Crippen molar-refractivity contribution < 1.29 is 23.0 Å². The minimum absolute atomic E-state index is 0.0755. The molecule has 1 unspecified atom stereocenters. The topological polar surface area (TPSA) is 47.3 Å². The van der Waals surface area contributed by atoms with Crippen LogP contribution < -0.4 is 0 Å². The molecule has 1 aliphatic carbocycles. The molecule has 0 bridgehead atoms. The Kier molecular flexibility index (Phi) is 6.51. The van der Waals surface area contributed by atoms with Gasteiger partial charge in [0.2, 0.25) is 0 Å². The zero-order chi connectivity index (χ0) is 25.4. The van der Waals surface area contributed by atoms with Crippen molar-refractivity contribution in [3.63, 3.8) is 0 Å². The maximum absolute atomic E-state index is 14.0. The first kappa shape index (κ1) is 24.9. The minimum Gasteiger partial charge on any atom is -0.384 e. The van der Waals surface area contributed by atoms with E-state index in [0.717, 1.165) is 17.2 Å². The number of imidazole rings is 1. The van der Waals surface area contributed by atoms with Gasteiger partial charge in [-0.1, -0.05) is 60.7 Å². The second-order valence-electron chi connectivity index (χ2n) is 9.50. The smallest absolute Gasteiger partial charge is 0.384 e. The third-order valence-electron chi connectivity index (χ3n) is 5.90. The number of hydrogen-bond acceptors (Lipinski definition) is 3. The van der Waals surface area contributed by atoms with Crippen LogP contribution in [0.1, 0.15) is 50.9 Å². The fraction of sp³-hybridized carbons (Fsp3) is 0.321. The number of hydrogen-bond donors (Lipinski definition) is 1. The van der Waals surface area contributed by atoms with Crippen molar-refractivity contribution in [1.82, 2.24) is 9.55 Å². The van der Waals surface area contributed by atoms with Gasteiger partial charge >= 0.3 is 6.18 Å². The Bertz CT molecular complexity index is 1250. The van der Waals surface area contributed by atoms with Crippen molar-refractivity contribution >= 4 is 5.57 Å². The monoisotopic (exact) mass is 482 g/mol. The molecule has 7 heteroatoms. The summed E-state index contributed by atoms with van der Waals surface area (Å²) in [5.74, 6) is 0.0805. The summed E-state index contributed by atoms with van der Waals surface area (Å²) < 4.78 is 49.9. The van der Waals surface area contributed by atoms with Crippen molar-refractivity contribution in [2.24, 2.45) is 0 Å². The van der Waals surface area contributed by atoms with Crippen LogP contribution in [-0.2, 0) is 22.2 Å².